The highest BCUT2D eigenvalue weighted by Crippen LogP contribution is 2.19. The van der Waals surface area contributed by atoms with Crippen molar-refractivity contribution < 1.29 is 0 Å². The average molecular weight is 277 g/mol. The molecule has 3 aromatic rings. The second-order valence-corrected chi connectivity index (χ2v) is 4.62. The molecule has 0 aliphatic heterocycles. The van der Waals surface area contributed by atoms with Gasteiger partial charge in [-0.05, 0) is 0 Å². The largest absolute Gasteiger partial charge is 0.327 e. The predicted octanol–water partition coefficient (Wildman–Crippen LogP) is 1.82. The van der Waals surface area contributed by atoms with Gasteiger partial charge in [0.1, 0.15) is 11.0 Å². The monoisotopic (exact) mass is 276 g/mol. The van der Waals surface area contributed by atoms with Gasteiger partial charge in [-0.25, -0.2) is 15.0 Å². The third-order valence-corrected chi connectivity index (χ3v) is 3.31. The van der Waals surface area contributed by atoms with Crippen LogP contribution in [0.4, 0.5) is 0 Å². The molecular weight excluding hydrogens is 264 g/mol. The predicted molar refractivity (Wildman–Crippen MR) is 72.0 cm³/mol. The van der Waals surface area contributed by atoms with Gasteiger partial charge >= 0.3 is 0 Å². The molecule has 98 valence electrons. The lowest BCUT2D eigenvalue weighted by molar-refractivity contribution is 0.694. The van der Waals surface area contributed by atoms with Crippen molar-refractivity contribution in [3.05, 3.63) is 35.4 Å². The lowest BCUT2D eigenvalue weighted by Crippen LogP contribution is -2.08. The lowest BCUT2D eigenvalue weighted by atomic mass is 10.4. The minimum Gasteiger partial charge on any atom is -0.327 e. The molecule has 0 unspecified atom stereocenters. The molecule has 6 nitrogen and oxygen atoms in total. The summed E-state index contributed by atoms with van der Waals surface area (Å²) in [5.41, 5.74) is 0.744. The van der Waals surface area contributed by atoms with Gasteiger partial charge in [0.05, 0.1) is 18.1 Å². The smallest absolute Gasteiger partial charge is 0.162 e. The van der Waals surface area contributed by atoms with Crippen LogP contribution in [0.25, 0.3) is 11.0 Å². The average Bonchev–Trinajstić information content (AvgIpc) is 2.97. The van der Waals surface area contributed by atoms with Gasteiger partial charge < -0.3 is 4.57 Å². The second-order valence-electron chi connectivity index (χ2n) is 4.26. The molecule has 0 radical (unpaired) electrons. The van der Waals surface area contributed by atoms with Crippen LogP contribution in [-0.2, 0) is 20.0 Å². The molecule has 0 saturated heterocycles. The van der Waals surface area contributed by atoms with E-state index in [1.165, 1.54) is 0 Å². The third-order valence-electron chi connectivity index (χ3n) is 3.02. The number of hydrogen-bond donors (Lipinski definition) is 0. The van der Waals surface area contributed by atoms with E-state index in [2.05, 4.69) is 27.0 Å². The van der Waals surface area contributed by atoms with E-state index in [4.69, 9.17) is 11.6 Å². The molecule has 0 bridgehead atoms. The number of fused-ring (bicyclic) bond motifs is 1. The van der Waals surface area contributed by atoms with Crippen molar-refractivity contribution in [3.8, 4) is 0 Å². The van der Waals surface area contributed by atoms with Crippen LogP contribution in [-0.4, -0.2) is 29.3 Å². The first-order valence-electron chi connectivity index (χ1n) is 6.03. The van der Waals surface area contributed by atoms with Gasteiger partial charge in [0.15, 0.2) is 11.5 Å². The second kappa shape index (κ2) is 4.62. The molecule has 0 fully saturated rings. The fourth-order valence-electron chi connectivity index (χ4n) is 2.05. The zero-order chi connectivity index (χ0) is 13.4. The summed E-state index contributed by atoms with van der Waals surface area (Å²) in [6.07, 6.45) is 6.25. The van der Waals surface area contributed by atoms with Gasteiger partial charge in [0, 0.05) is 25.9 Å². The molecule has 3 rings (SSSR count). The zero-order valence-corrected chi connectivity index (χ0v) is 11.5. The molecule has 0 amide bonds. The van der Waals surface area contributed by atoms with E-state index in [0.717, 1.165) is 23.3 Å². The highest BCUT2D eigenvalue weighted by atomic mass is 35.5. The maximum absolute atomic E-state index is 6.16. The first-order chi connectivity index (χ1) is 9.19. The minimum absolute atomic E-state index is 0.436. The summed E-state index contributed by atoms with van der Waals surface area (Å²) in [5, 5.41) is 5.35. The molecule has 3 heterocycles. The van der Waals surface area contributed by atoms with Crippen molar-refractivity contribution in [2.24, 2.45) is 7.05 Å². The number of nitrogens with zero attached hydrogens (tertiary/aromatic N) is 6. The SMILES string of the molecule is CCc1nccn1Cc1nc(Cl)c2cnn(C)c2n1. The van der Waals surface area contributed by atoms with Crippen LogP contribution in [0, 0.1) is 0 Å². The van der Waals surface area contributed by atoms with Crippen molar-refractivity contribution in [1.29, 1.82) is 0 Å². The summed E-state index contributed by atoms with van der Waals surface area (Å²) in [7, 11) is 1.84. The molecular formula is C12H13ClN6. The summed E-state index contributed by atoms with van der Waals surface area (Å²) in [6.45, 7) is 2.63. The molecule has 0 spiro atoms. The molecule has 19 heavy (non-hydrogen) atoms. The van der Waals surface area contributed by atoms with Crippen LogP contribution in [0.15, 0.2) is 18.6 Å². The maximum atomic E-state index is 6.16. The molecule has 0 aliphatic carbocycles. The van der Waals surface area contributed by atoms with Crippen molar-refractivity contribution in [3.63, 3.8) is 0 Å². The van der Waals surface area contributed by atoms with E-state index >= 15 is 0 Å². The van der Waals surface area contributed by atoms with Crippen LogP contribution in [0.5, 0.6) is 0 Å². The first kappa shape index (κ1) is 12.1. The number of hydrogen-bond acceptors (Lipinski definition) is 4. The fourth-order valence-corrected chi connectivity index (χ4v) is 2.28. The maximum Gasteiger partial charge on any atom is 0.162 e. The van der Waals surface area contributed by atoms with E-state index in [0.29, 0.717) is 17.5 Å². The quantitative estimate of drug-likeness (QED) is 0.685. The summed E-state index contributed by atoms with van der Waals surface area (Å²) in [5.74, 6) is 1.67. The van der Waals surface area contributed by atoms with Gasteiger partial charge in [0.25, 0.3) is 0 Å². The van der Waals surface area contributed by atoms with Gasteiger partial charge in [-0.2, -0.15) is 5.10 Å². The highest BCUT2D eigenvalue weighted by molar-refractivity contribution is 6.33. The molecule has 7 heteroatoms. The Labute approximate surface area is 115 Å². The van der Waals surface area contributed by atoms with Gasteiger partial charge in [-0.3, -0.25) is 4.68 Å². The lowest BCUT2D eigenvalue weighted by Gasteiger charge is -2.06. The Morgan fingerprint density at radius 3 is 2.95 bits per heavy atom. The van der Waals surface area contributed by atoms with E-state index in [1.807, 2.05) is 17.8 Å². The van der Waals surface area contributed by atoms with Crippen LogP contribution >= 0.6 is 11.6 Å². The van der Waals surface area contributed by atoms with E-state index in [9.17, 15) is 0 Å². The fraction of sp³-hybridized carbons (Fsp3) is 0.333. The minimum atomic E-state index is 0.436. The normalized spacial score (nSPS) is 11.3. The number of aromatic nitrogens is 6. The third kappa shape index (κ3) is 2.08. The molecule has 0 aliphatic rings. The summed E-state index contributed by atoms with van der Waals surface area (Å²) in [6, 6.07) is 0. The van der Waals surface area contributed by atoms with Crippen LogP contribution < -0.4 is 0 Å². The standard InChI is InChI=1S/C12H13ClN6/c1-3-10-14-4-5-19(10)7-9-16-11(13)8-6-15-18(2)12(8)17-9/h4-6H,3,7H2,1-2H3. The van der Waals surface area contributed by atoms with Crippen LogP contribution in [0.3, 0.4) is 0 Å². The van der Waals surface area contributed by atoms with E-state index in [-0.39, 0.29) is 0 Å². The zero-order valence-electron chi connectivity index (χ0n) is 10.7. The molecule has 0 N–H and O–H groups in total. The van der Waals surface area contributed by atoms with Crippen LogP contribution in [0.1, 0.15) is 18.6 Å². The summed E-state index contributed by atoms with van der Waals surface area (Å²) >= 11 is 6.16. The Balaban J connectivity index is 2.03. The number of imidazole rings is 1. The number of halogens is 1. The Morgan fingerprint density at radius 2 is 2.16 bits per heavy atom. The van der Waals surface area contributed by atoms with Crippen molar-refractivity contribution in [2.75, 3.05) is 0 Å². The molecule has 0 saturated carbocycles. The Hall–Kier alpha value is -1.95. The first-order valence-corrected chi connectivity index (χ1v) is 6.41. The number of rotatable bonds is 3. The van der Waals surface area contributed by atoms with Crippen molar-refractivity contribution >= 4 is 22.6 Å². The Bertz CT molecular complexity index is 729. The number of aryl methyl sites for hydroxylation is 2. The van der Waals surface area contributed by atoms with Crippen molar-refractivity contribution in [1.82, 2.24) is 29.3 Å². The molecule has 3 aromatic heterocycles. The van der Waals surface area contributed by atoms with Gasteiger partial charge in [-0.15, -0.1) is 0 Å². The Kier molecular flexibility index (Phi) is 2.94. The van der Waals surface area contributed by atoms with E-state index < -0.39 is 0 Å². The molecule has 0 aromatic carbocycles. The summed E-state index contributed by atoms with van der Waals surface area (Å²) in [4.78, 5) is 13.1. The van der Waals surface area contributed by atoms with Crippen LogP contribution in [0.2, 0.25) is 5.15 Å². The van der Waals surface area contributed by atoms with Crippen molar-refractivity contribution in [2.45, 2.75) is 19.9 Å². The van der Waals surface area contributed by atoms with E-state index in [1.54, 1.807) is 17.1 Å². The topological polar surface area (TPSA) is 61.4 Å². The highest BCUT2D eigenvalue weighted by Gasteiger charge is 2.11. The van der Waals surface area contributed by atoms with Gasteiger partial charge in [0.2, 0.25) is 0 Å². The summed E-state index contributed by atoms with van der Waals surface area (Å²) < 4.78 is 3.72. The van der Waals surface area contributed by atoms with Gasteiger partial charge in [-0.1, -0.05) is 18.5 Å². The molecule has 0 atom stereocenters. The Morgan fingerprint density at radius 1 is 1.32 bits per heavy atom.